The fourth-order valence-electron chi connectivity index (χ4n) is 2.33. The summed E-state index contributed by atoms with van der Waals surface area (Å²) in [5.41, 5.74) is 2.94. The van der Waals surface area contributed by atoms with Crippen LogP contribution < -0.4 is 0 Å². The number of ether oxygens (including phenoxy) is 1. The minimum atomic E-state index is -0.389. The molecule has 0 unspecified atom stereocenters. The zero-order valence-electron chi connectivity index (χ0n) is 14.2. The van der Waals surface area contributed by atoms with E-state index in [1.165, 1.54) is 18.9 Å². The highest BCUT2D eigenvalue weighted by molar-refractivity contribution is 8.00. The van der Waals surface area contributed by atoms with Gasteiger partial charge < -0.3 is 4.74 Å². The Hall–Kier alpha value is -2.67. The maximum absolute atomic E-state index is 11.8. The lowest BCUT2D eigenvalue weighted by molar-refractivity contribution is -0.139. The number of aromatic nitrogens is 4. The van der Waals surface area contributed by atoms with Gasteiger partial charge in [-0.15, -0.1) is 10.2 Å². The lowest BCUT2D eigenvalue weighted by Gasteiger charge is -2.12. The topological polar surface area (TPSA) is 69.9 Å². The molecule has 1 aromatic carbocycles. The zero-order valence-corrected chi connectivity index (χ0v) is 15.0. The third-order valence-electron chi connectivity index (χ3n) is 3.66. The van der Waals surface area contributed by atoms with Gasteiger partial charge in [-0.25, -0.2) is 0 Å². The molecule has 0 radical (unpaired) electrons. The molecule has 0 fully saturated rings. The minimum Gasteiger partial charge on any atom is -0.468 e. The lowest BCUT2D eigenvalue weighted by Crippen LogP contribution is -2.15. The largest absolute Gasteiger partial charge is 0.468 e. The molecule has 0 saturated heterocycles. The Balaban J connectivity index is 2.08. The van der Waals surface area contributed by atoms with Crippen molar-refractivity contribution in [1.29, 1.82) is 0 Å². The number of hydrogen-bond donors (Lipinski definition) is 0. The third-order valence-corrected chi connectivity index (χ3v) is 4.68. The molecule has 0 aliphatic rings. The van der Waals surface area contributed by atoms with Crippen molar-refractivity contribution in [3.63, 3.8) is 0 Å². The normalized spacial score (nSPS) is 12.0. The number of aryl methyl sites for hydroxylation is 1. The maximum Gasteiger partial charge on any atom is 0.318 e. The molecule has 128 valence electrons. The van der Waals surface area contributed by atoms with Crippen molar-refractivity contribution in [3.05, 3.63) is 54.4 Å². The number of pyridine rings is 1. The molecule has 0 saturated carbocycles. The number of hydrogen-bond acceptors (Lipinski definition) is 6. The van der Waals surface area contributed by atoms with E-state index in [0.717, 1.165) is 16.8 Å². The van der Waals surface area contributed by atoms with Crippen LogP contribution in [0.2, 0.25) is 0 Å². The summed E-state index contributed by atoms with van der Waals surface area (Å²) in [7, 11) is 1.38. The van der Waals surface area contributed by atoms with Gasteiger partial charge in [0.15, 0.2) is 11.0 Å². The van der Waals surface area contributed by atoms with Gasteiger partial charge in [-0.2, -0.15) is 0 Å². The summed E-state index contributed by atoms with van der Waals surface area (Å²) in [5, 5.41) is 8.85. The number of esters is 1. The van der Waals surface area contributed by atoms with Crippen LogP contribution in [0.1, 0.15) is 12.5 Å². The Morgan fingerprint density at radius 3 is 2.60 bits per heavy atom. The molecule has 0 spiro atoms. The van der Waals surface area contributed by atoms with Crippen LogP contribution in [0.15, 0.2) is 53.9 Å². The molecule has 3 aromatic rings. The van der Waals surface area contributed by atoms with E-state index in [1.807, 2.05) is 47.9 Å². The van der Waals surface area contributed by atoms with E-state index in [2.05, 4.69) is 15.2 Å². The van der Waals surface area contributed by atoms with Crippen LogP contribution in [-0.2, 0) is 9.53 Å². The highest BCUT2D eigenvalue weighted by atomic mass is 32.2. The molecular weight excluding hydrogens is 336 g/mol. The predicted molar refractivity (Wildman–Crippen MR) is 96.7 cm³/mol. The Morgan fingerprint density at radius 1 is 1.20 bits per heavy atom. The van der Waals surface area contributed by atoms with Crippen molar-refractivity contribution in [1.82, 2.24) is 19.7 Å². The van der Waals surface area contributed by atoms with Gasteiger partial charge in [-0.1, -0.05) is 29.5 Å². The van der Waals surface area contributed by atoms with Gasteiger partial charge in [0.1, 0.15) is 5.25 Å². The van der Waals surface area contributed by atoms with Crippen LogP contribution in [0, 0.1) is 6.92 Å². The number of carbonyl (C=O) groups is 1. The molecular formula is C18H18N4O2S. The van der Waals surface area contributed by atoms with E-state index in [-0.39, 0.29) is 11.2 Å². The molecule has 25 heavy (non-hydrogen) atoms. The summed E-state index contributed by atoms with van der Waals surface area (Å²) in [4.78, 5) is 15.9. The predicted octanol–water partition coefficient (Wildman–Crippen LogP) is 3.29. The molecule has 0 aliphatic carbocycles. The Labute approximate surface area is 150 Å². The molecule has 0 aliphatic heterocycles. The second kappa shape index (κ2) is 7.48. The van der Waals surface area contributed by atoms with Crippen molar-refractivity contribution in [2.75, 3.05) is 7.11 Å². The van der Waals surface area contributed by atoms with Crippen molar-refractivity contribution >= 4 is 17.7 Å². The maximum atomic E-state index is 11.8. The van der Waals surface area contributed by atoms with Crippen LogP contribution in [0.4, 0.5) is 0 Å². The molecule has 1 atom stereocenters. The number of rotatable bonds is 5. The highest BCUT2D eigenvalue weighted by Gasteiger charge is 2.22. The molecule has 0 bridgehead atoms. The monoisotopic (exact) mass is 354 g/mol. The lowest BCUT2D eigenvalue weighted by atomic mass is 10.2. The summed E-state index contributed by atoms with van der Waals surface area (Å²) in [6, 6.07) is 11.9. The highest BCUT2D eigenvalue weighted by Crippen LogP contribution is 2.30. The second-order valence-electron chi connectivity index (χ2n) is 5.50. The average molecular weight is 354 g/mol. The summed E-state index contributed by atoms with van der Waals surface area (Å²) < 4.78 is 6.74. The van der Waals surface area contributed by atoms with Gasteiger partial charge in [0.2, 0.25) is 0 Å². The Kier molecular flexibility index (Phi) is 5.14. The van der Waals surface area contributed by atoms with Crippen molar-refractivity contribution in [2.24, 2.45) is 0 Å². The average Bonchev–Trinajstić information content (AvgIpc) is 3.06. The van der Waals surface area contributed by atoms with Crippen LogP contribution >= 0.6 is 11.8 Å². The summed E-state index contributed by atoms with van der Waals surface area (Å²) in [6.45, 7) is 3.82. The van der Waals surface area contributed by atoms with E-state index >= 15 is 0 Å². The summed E-state index contributed by atoms with van der Waals surface area (Å²) >= 11 is 1.31. The molecule has 0 amide bonds. The van der Waals surface area contributed by atoms with Crippen LogP contribution in [-0.4, -0.2) is 38.1 Å². The first-order valence-corrected chi connectivity index (χ1v) is 8.65. The summed E-state index contributed by atoms with van der Waals surface area (Å²) in [5.74, 6) is 0.378. The fourth-order valence-corrected chi connectivity index (χ4v) is 3.22. The van der Waals surface area contributed by atoms with Crippen LogP contribution in [0.5, 0.6) is 0 Å². The van der Waals surface area contributed by atoms with Crippen LogP contribution in [0.3, 0.4) is 0 Å². The Bertz CT molecular complexity index is 863. The first-order chi connectivity index (χ1) is 12.1. The first-order valence-electron chi connectivity index (χ1n) is 7.77. The standard InChI is InChI=1S/C18H18N4O2S/c1-12-6-8-15(9-7-12)22-16(14-5-4-10-19-11-14)20-21-18(22)25-13(2)17(23)24-3/h4-11,13H,1-3H3/t13-/m1/s1. The Morgan fingerprint density at radius 2 is 1.96 bits per heavy atom. The quantitative estimate of drug-likeness (QED) is 0.517. The number of thioether (sulfide) groups is 1. The van der Waals surface area contributed by atoms with Crippen molar-refractivity contribution in [3.8, 4) is 17.1 Å². The van der Waals surface area contributed by atoms with E-state index in [0.29, 0.717) is 11.0 Å². The van der Waals surface area contributed by atoms with Crippen molar-refractivity contribution < 1.29 is 9.53 Å². The van der Waals surface area contributed by atoms with Crippen LogP contribution in [0.25, 0.3) is 17.1 Å². The molecule has 6 nitrogen and oxygen atoms in total. The van der Waals surface area contributed by atoms with Gasteiger partial charge in [0.25, 0.3) is 0 Å². The van der Waals surface area contributed by atoms with E-state index < -0.39 is 0 Å². The smallest absolute Gasteiger partial charge is 0.318 e. The number of carbonyl (C=O) groups excluding carboxylic acids is 1. The fraction of sp³-hybridized carbons (Fsp3) is 0.222. The number of methoxy groups -OCH3 is 1. The van der Waals surface area contributed by atoms with Gasteiger partial charge in [-0.3, -0.25) is 14.3 Å². The summed E-state index contributed by atoms with van der Waals surface area (Å²) in [6.07, 6.45) is 3.46. The second-order valence-corrected chi connectivity index (χ2v) is 6.81. The zero-order chi connectivity index (χ0) is 17.8. The molecule has 2 heterocycles. The van der Waals surface area contributed by atoms with Gasteiger partial charge in [0, 0.05) is 23.6 Å². The van der Waals surface area contributed by atoms with Gasteiger partial charge in [-0.05, 0) is 38.1 Å². The SMILES string of the molecule is COC(=O)[C@@H](C)Sc1nnc(-c2cccnc2)n1-c1ccc(C)cc1. The first kappa shape index (κ1) is 17.2. The number of nitrogens with zero attached hydrogens (tertiary/aromatic N) is 4. The number of benzene rings is 1. The van der Waals surface area contributed by atoms with E-state index in [4.69, 9.17) is 4.74 Å². The van der Waals surface area contributed by atoms with E-state index in [1.54, 1.807) is 19.3 Å². The molecule has 7 heteroatoms. The molecule has 3 rings (SSSR count). The molecule has 2 aromatic heterocycles. The van der Waals surface area contributed by atoms with Gasteiger partial charge >= 0.3 is 5.97 Å². The van der Waals surface area contributed by atoms with E-state index in [9.17, 15) is 4.79 Å². The van der Waals surface area contributed by atoms with Crippen molar-refractivity contribution in [2.45, 2.75) is 24.3 Å². The van der Waals surface area contributed by atoms with Gasteiger partial charge in [0.05, 0.1) is 7.11 Å². The third kappa shape index (κ3) is 3.71. The minimum absolute atomic E-state index is 0.300. The molecule has 0 N–H and O–H groups in total.